The molecule has 0 bridgehead atoms. The van der Waals surface area contributed by atoms with E-state index in [-0.39, 0.29) is 6.04 Å². The van der Waals surface area contributed by atoms with E-state index < -0.39 is 11.5 Å². The highest BCUT2D eigenvalue weighted by molar-refractivity contribution is 5.81. The Balaban J connectivity index is 2.38. The molecule has 2 N–H and O–H groups in total. The molecule has 0 amide bonds. The Morgan fingerprint density at radius 2 is 1.95 bits per heavy atom. The van der Waals surface area contributed by atoms with Crippen molar-refractivity contribution in [1.29, 1.82) is 0 Å². The Morgan fingerprint density at radius 1 is 1.29 bits per heavy atom. The maximum absolute atomic E-state index is 11.9. The molecule has 0 radical (unpaired) electrons. The summed E-state index contributed by atoms with van der Waals surface area (Å²) in [5, 5.41) is 13.0. The minimum atomic E-state index is -1.17. The molecule has 0 spiro atoms. The van der Waals surface area contributed by atoms with E-state index in [0.717, 1.165) is 25.7 Å². The molecule has 5 heteroatoms. The minimum Gasteiger partial charge on any atom is -0.497 e. The molecule has 0 aliphatic heterocycles. The molecule has 1 aliphatic carbocycles. The van der Waals surface area contributed by atoms with Crippen molar-refractivity contribution in [3.05, 3.63) is 23.8 Å². The van der Waals surface area contributed by atoms with Gasteiger partial charge in [-0.3, -0.25) is 5.32 Å². The van der Waals surface area contributed by atoms with E-state index >= 15 is 0 Å². The lowest BCUT2D eigenvalue weighted by molar-refractivity contribution is -0.145. The third-order valence-electron chi connectivity index (χ3n) is 4.22. The molecule has 1 saturated carbocycles. The predicted octanol–water partition coefficient (Wildman–Crippen LogP) is 2.54. The first-order valence-corrected chi connectivity index (χ1v) is 7.25. The topological polar surface area (TPSA) is 67.8 Å². The molecule has 1 atom stereocenters. The lowest BCUT2D eigenvalue weighted by Crippen LogP contribution is -2.50. The lowest BCUT2D eigenvalue weighted by Gasteiger charge is -2.31. The predicted molar refractivity (Wildman–Crippen MR) is 79.9 cm³/mol. The van der Waals surface area contributed by atoms with Crippen LogP contribution in [0.5, 0.6) is 11.5 Å². The molecule has 1 fully saturated rings. The monoisotopic (exact) mass is 293 g/mol. The highest BCUT2D eigenvalue weighted by Crippen LogP contribution is 2.35. The quantitative estimate of drug-likeness (QED) is 0.843. The number of ether oxygens (including phenoxy) is 2. The second-order valence-electron chi connectivity index (χ2n) is 5.62. The fourth-order valence-corrected chi connectivity index (χ4v) is 2.94. The molecular weight excluding hydrogens is 270 g/mol. The van der Waals surface area contributed by atoms with Crippen LogP contribution < -0.4 is 14.8 Å². The van der Waals surface area contributed by atoms with Crippen molar-refractivity contribution in [2.24, 2.45) is 0 Å². The largest absolute Gasteiger partial charge is 0.497 e. The summed E-state index contributed by atoms with van der Waals surface area (Å²) in [6.07, 6.45) is 4.32. The zero-order valence-corrected chi connectivity index (χ0v) is 12.8. The van der Waals surface area contributed by atoms with Crippen LogP contribution in [0.15, 0.2) is 18.2 Å². The minimum absolute atomic E-state index is 0.234. The van der Waals surface area contributed by atoms with Gasteiger partial charge in [-0.2, -0.15) is 0 Å². The number of hydrogen-bond acceptors (Lipinski definition) is 4. The summed E-state index contributed by atoms with van der Waals surface area (Å²) in [4.78, 5) is 11.9. The summed E-state index contributed by atoms with van der Waals surface area (Å²) in [6, 6.07) is 5.47. The van der Waals surface area contributed by atoms with Crippen LogP contribution in [0.25, 0.3) is 0 Å². The lowest BCUT2D eigenvalue weighted by atomic mass is 9.89. The van der Waals surface area contributed by atoms with E-state index in [1.807, 2.05) is 0 Å². The Hall–Kier alpha value is -1.75. The van der Waals surface area contributed by atoms with Crippen molar-refractivity contribution in [3.63, 3.8) is 0 Å². The number of rotatable bonds is 6. The van der Waals surface area contributed by atoms with Gasteiger partial charge in [-0.05, 0) is 31.9 Å². The highest BCUT2D eigenvalue weighted by Gasteiger charge is 2.40. The number of carbonyl (C=O) groups is 1. The van der Waals surface area contributed by atoms with Gasteiger partial charge in [-0.25, -0.2) is 4.79 Å². The normalized spacial score (nSPS) is 18.2. The Morgan fingerprint density at radius 3 is 2.48 bits per heavy atom. The van der Waals surface area contributed by atoms with E-state index in [1.165, 1.54) is 7.11 Å². The average Bonchev–Trinajstić information content (AvgIpc) is 2.98. The fraction of sp³-hybridized carbons (Fsp3) is 0.562. The van der Waals surface area contributed by atoms with Crippen LogP contribution in [0, 0.1) is 0 Å². The summed E-state index contributed by atoms with van der Waals surface area (Å²) in [5.74, 6) is 0.256. The van der Waals surface area contributed by atoms with Gasteiger partial charge in [0, 0.05) is 17.7 Å². The van der Waals surface area contributed by atoms with Crippen molar-refractivity contribution in [2.75, 3.05) is 14.2 Å². The first-order valence-electron chi connectivity index (χ1n) is 7.25. The molecule has 1 aromatic carbocycles. The van der Waals surface area contributed by atoms with Gasteiger partial charge >= 0.3 is 5.97 Å². The fourth-order valence-electron chi connectivity index (χ4n) is 2.94. The molecule has 1 aromatic rings. The average molecular weight is 293 g/mol. The van der Waals surface area contributed by atoms with E-state index in [2.05, 4.69) is 5.32 Å². The van der Waals surface area contributed by atoms with Crippen molar-refractivity contribution in [1.82, 2.24) is 5.32 Å². The number of nitrogens with one attached hydrogen (secondary N) is 1. The van der Waals surface area contributed by atoms with Gasteiger partial charge in [-0.15, -0.1) is 0 Å². The smallest absolute Gasteiger partial charge is 0.328 e. The van der Waals surface area contributed by atoms with E-state index in [1.54, 1.807) is 32.2 Å². The van der Waals surface area contributed by atoms with Gasteiger partial charge in [-0.1, -0.05) is 12.8 Å². The molecule has 0 saturated heterocycles. The molecule has 0 aromatic heterocycles. The summed E-state index contributed by atoms with van der Waals surface area (Å²) in [7, 11) is 3.11. The molecule has 5 nitrogen and oxygen atoms in total. The van der Waals surface area contributed by atoms with Crippen LogP contribution >= 0.6 is 0 Å². The number of hydrogen-bond donors (Lipinski definition) is 2. The second-order valence-corrected chi connectivity index (χ2v) is 5.62. The first-order chi connectivity index (χ1) is 10.0. The third-order valence-corrected chi connectivity index (χ3v) is 4.22. The van der Waals surface area contributed by atoms with Crippen molar-refractivity contribution in [3.8, 4) is 11.5 Å². The van der Waals surface area contributed by atoms with Crippen LogP contribution in [0.1, 0.15) is 38.2 Å². The summed E-state index contributed by atoms with van der Waals surface area (Å²) < 4.78 is 10.5. The summed E-state index contributed by atoms with van der Waals surface area (Å²) >= 11 is 0. The van der Waals surface area contributed by atoms with Crippen LogP contribution in [-0.2, 0) is 10.3 Å². The molecule has 21 heavy (non-hydrogen) atoms. The van der Waals surface area contributed by atoms with Gasteiger partial charge in [0.1, 0.15) is 17.0 Å². The molecule has 1 aliphatic rings. The van der Waals surface area contributed by atoms with E-state index in [4.69, 9.17) is 9.47 Å². The molecular formula is C16H23NO4. The molecule has 1 unspecified atom stereocenters. The SMILES string of the molecule is COc1ccc(C(C)(NC2CCCC2)C(=O)O)c(OC)c1. The van der Waals surface area contributed by atoms with Gasteiger partial charge in [0.2, 0.25) is 0 Å². The van der Waals surface area contributed by atoms with Gasteiger partial charge in [0.05, 0.1) is 14.2 Å². The van der Waals surface area contributed by atoms with Gasteiger partial charge in [0.25, 0.3) is 0 Å². The Labute approximate surface area is 125 Å². The second kappa shape index (κ2) is 6.35. The number of carboxylic acid groups (broad SMARTS) is 1. The molecule has 116 valence electrons. The van der Waals surface area contributed by atoms with Crippen LogP contribution in [0.4, 0.5) is 0 Å². The number of aliphatic carboxylic acids is 1. The van der Waals surface area contributed by atoms with E-state index in [0.29, 0.717) is 17.1 Å². The van der Waals surface area contributed by atoms with Crippen LogP contribution in [0.2, 0.25) is 0 Å². The van der Waals surface area contributed by atoms with Crippen LogP contribution in [-0.4, -0.2) is 31.3 Å². The molecule has 2 rings (SSSR count). The molecule has 0 heterocycles. The number of benzene rings is 1. The first kappa shape index (κ1) is 15.6. The zero-order chi connectivity index (χ0) is 15.5. The van der Waals surface area contributed by atoms with Crippen LogP contribution in [0.3, 0.4) is 0 Å². The highest BCUT2D eigenvalue weighted by atomic mass is 16.5. The standard InChI is InChI=1S/C16H23NO4/c1-16(15(18)19,17-11-6-4-5-7-11)13-9-8-12(20-2)10-14(13)21-3/h8-11,17H,4-7H2,1-3H3,(H,18,19). The summed E-state index contributed by atoms with van der Waals surface area (Å²) in [5.41, 5.74) is -0.558. The summed E-state index contributed by atoms with van der Waals surface area (Å²) in [6.45, 7) is 1.69. The van der Waals surface area contributed by atoms with Gasteiger partial charge < -0.3 is 14.6 Å². The van der Waals surface area contributed by atoms with Gasteiger partial charge in [0.15, 0.2) is 0 Å². The maximum atomic E-state index is 11.9. The van der Waals surface area contributed by atoms with Crippen molar-refractivity contribution in [2.45, 2.75) is 44.2 Å². The van der Waals surface area contributed by atoms with Crippen molar-refractivity contribution >= 4 is 5.97 Å². The maximum Gasteiger partial charge on any atom is 0.328 e. The number of carboxylic acids is 1. The third kappa shape index (κ3) is 3.13. The Bertz CT molecular complexity index is 511. The zero-order valence-electron chi connectivity index (χ0n) is 12.8. The van der Waals surface area contributed by atoms with Crippen molar-refractivity contribution < 1.29 is 19.4 Å². The number of methoxy groups -OCH3 is 2. The van der Waals surface area contributed by atoms with E-state index in [9.17, 15) is 9.90 Å². The Kier molecular flexibility index (Phi) is 4.73.